The summed E-state index contributed by atoms with van der Waals surface area (Å²) in [5.41, 5.74) is -2.21. The van der Waals surface area contributed by atoms with E-state index >= 15 is 0 Å². The number of nitrogens with one attached hydrogen (secondary N) is 1. The molecule has 21 nitrogen and oxygen atoms in total. The quantitative estimate of drug-likeness (QED) is 0.0641. The third kappa shape index (κ3) is 11.8. The molecule has 0 aliphatic rings. The Balaban J connectivity index is 0.000000390. The van der Waals surface area contributed by atoms with Crippen molar-refractivity contribution in [2.45, 2.75) is 18.7 Å². The molecule has 1 radical (unpaired) electrons. The van der Waals surface area contributed by atoms with Gasteiger partial charge in [0.1, 0.15) is 10.6 Å². The number of nitro groups is 2. The van der Waals surface area contributed by atoms with Crippen LogP contribution in [0.5, 0.6) is 17.4 Å². The second-order valence-corrected chi connectivity index (χ2v) is 13.4. The molecule has 2 aromatic heterocycles. The molecule has 0 spiro atoms. The molecule has 6 aromatic rings. The Labute approximate surface area is 396 Å². The van der Waals surface area contributed by atoms with Gasteiger partial charge in [0.05, 0.1) is 44.0 Å². The maximum absolute atomic E-state index is 12.6. The van der Waals surface area contributed by atoms with E-state index in [0.717, 1.165) is 16.8 Å². The largest absolute Gasteiger partial charge is 3.00 e. The van der Waals surface area contributed by atoms with Crippen LogP contribution in [0.2, 0.25) is 10.0 Å². The van der Waals surface area contributed by atoms with Crippen molar-refractivity contribution in [1.29, 1.82) is 0 Å². The monoisotopic (exact) mass is 921 g/mol. The molecule has 27 heteroatoms. The van der Waals surface area contributed by atoms with Crippen molar-refractivity contribution in [3.05, 3.63) is 131 Å². The van der Waals surface area contributed by atoms with Crippen LogP contribution in [0.15, 0.2) is 109 Å². The van der Waals surface area contributed by atoms with Crippen molar-refractivity contribution in [1.82, 2.24) is 19.6 Å². The summed E-state index contributed by atoms with van der Waals surface area (Å²) in [5, 5.41) is 80.5. The molecular weight excluding hydrogens is 901 g/mol. The molecule has 59 heavy (non-hydrogen) atoms. The standard InChI is InChI=1S/C16H12ClN5O7S.C16H12ClN5O4.Cr.2Na/c1-8-14(16(24)21(20-8)10-4-2-3-9(17)5-10)19-18-12-6-11(30(27,28)29)7-13(15(12)23)22(25)26;1-9-14(16(24)21(20-9)11-5-3-2-4-6-11)19-18-12-7-10(17)8-13(15(12)23)22(25)26;;;/h2-7,23-24H,1H3,(H,27,28,29);2-8,20,23H,1H3;;;/q;;+3;2*+1/p-3. The summed E-state index contributed by atoms with van der Waals surface area (Å²) in [4.78, 5) is 31.5. The SMILES string of the molecule is Cc1[nH]n(-c2ccccc2)c(=O)c1N=Nc1cc(Cl)cc([N+](=O)[O-])c1[O-].Cc1nn(-c2cccc(Cl)c2)c([O-])c1N=Nc1cc(S(=O)(=O)O)cc([N+](=O)[O-])c1[O-].[Cr+3].[Na+].[Na+]. The van der Waals surface area contributed by atoms with E-state index in [1.165, 1.54) is 17.7 Å². The second-order valence-electron chi connectivity index (χ2n) is 11.1. The van der Waals surface area contributed by atoms with Gasteiger partial charge in [0.15, 0.2) is 5.69 Å². The Bertz CT molecular complexity index is 2770. The number of aromatic nitrogens is 4. The molecule has 0 saturated heterocycles. The van der Waals surface area contributed by atoms with E-state index in [4.69, 9.17) is 27.8 Å². The Morgan fingerprint density at radius 3 is 1.85 bits per heavy atom. The second kappa shape index (κ2) is 21.2. The zero-order valence-electron chi connectivity index (χ0n) is 30.6. The number of H-pyrrole nitrogens is 1. The average Bonchev–Trinajstić information content (AvgIpc) is 3.59. The van der Waals surface area contributed by atoms with E-state index in [9.17, 15) is 48.8 Å². The molecule has 0 amide bonds. The van der Waals surface area contributed by atoms with Gasteiger partial charge in [0.25, 0.3) is 27.1 Å². The number of aromatic amines is 1. The average molecular weight is 923 g/mol. The fraction of sp³-hybridized carbons (Fsp3) is 0.0625. The first-order valence-corrected chi connectivity index (χ1v) is 17.4. The minimum atomic E-state index is -4.87. The van der Waals surface area contributed by atoms with Crippen molar-refractivity contribution in [2.24, 2.45) is 20.5 Å². The molecule has 291 valence electrons. The third-order valence-electron chi connectivity index (χ3n) is 7.34. The van der Waals surface area contributed by atoms with Crippen LogP contribution >= 0.6 is 23.2 Å². The molecule has 0 aliphatic heterocycles. The normalized spacial score (nSPS) is 10.9. The molecule has 0 atom stereocenters. The summed E-state index contributed by atoms with van der Waals surface area (Å²) in [5.74, 6) is -2.89. The van der Waals surface area contributed by atoms with Crippen LogP contribution in [0.3, 0.4) is 0 Å². The van der Waals surface area contributed by atoms with Crippen LogP contribution in [0.4, 0.5) is 34.1 Å². The molecule has 4 aromatic carbocycles. The zero-order chi connectivity index (χ0) is 41.1. The summed E-state index contributed by atoms with van der Waals surface area (Å²) in [7, 11) is -4.87. The van der Waals surface area contributed by atoms with E-state index in [-0.39, 0.29) is 104 Å². The first-order chi connectivity index (χ1) is 26.4. The van der Waals surface area contributed by atoms with E-state index in [0.29, 0.717) is 34.2 Å². The molecular formula is C32H21Cl2CrN10Na2O11S+2. The Morgan fingerprint density at radius 2 is 1.29 bits per heavy atom. The van der Waals surface area contributed by atoms with E-state index < -0.39 is 64.9 Å². The van der Waals surface area contributed by atoms with Crippen molar-refractivity contribution < 1.29 is 115 Å². The maximum atomic E-state index is 12.6. The van der Waals surface area contributed by atoms with Gasteiger partial charge in [-0.3, -0.25) is 34.7 Å². The van der Waals surface area contributed by atoms with Gasteiger partial charge in [-0.1, -0.05) is 47.5 Å². The van der Waals surface area contributed by atoms with Crippen LogP contribution in [-0.2, 0) is 27.5 Å². The van der Waals surface area contributed by atoms with E-state index in [1.807, 2.05) is 6.07 Å². The topological polar surface area (TPSA) is 315 Å². The smallest absolute Gasteiger partial charge is 0.866 e. The maximum Gasteiger partial charge on any atom is 3.00 e. The number of rotatable bonds is 9. The summed E-state index contributed by atoms with van der Waals surface area (Å²) >= 11 is 11.7. The summed E-state index contributed by atoms with van der Waals surface area (Å²) in [6, 6.07) is 18.1. The Hall–Kier alpha value is -4.48. The van der Waals surface area contributed by atoms with Crippen molar-refractivity contribution in [3.63, 3.8) is 0 Å². The number of hydrogen-bond donors (Lipinski definition) is 2. The number of halogens is 2. The van der Waals surface area contributed by atoms with Crippen molar-refractivity contribution in [2.75, 3.05) is 0 Å². The minimum absolute atomic E-state index is 0. The van der Waals surface area contributed by atoms with E-state index in [1.54, 1.807) is 49.4 Å². The number of benzene rings is 4. The van der Waals surface area contributed by atoms with Gasteiger partial charge in [-0.2, -0.15) is 23.7 Å². The van der Waals surface area contributed by atoms with Crippen molar-refractivity contribution in [3.8, 4) is 28.8 Å². The van der Waals surface area contributed by atoms with Gasteiger partial charge < -0.3 is 15.3 Å². The molecule has 0 aliphatic carbocycles. The summed E-state index contributed by atoms with van der Waals surface area (Å²) in [6.07, 6.45) is 0. The zero-order valence-corrected chi connectivity index (χ0v) is 38.2. The predicted molar refractivity (Wildman–Crippen MR) is 192 cm³/mol. The molecule has 6 rings (SSSR count). The summed E-state index contributed by atoms with van der Waals surface area (Å²) in [6.45, 7) is 3.06. The van der Waals surface area contributed by atoms with Crippen LogP contribution in [0, 0.1) is 34.1 Å². The molecule has 0 saturated carbocycles. The fourth-order valence-corrected chi connectivity index (χ4v) is 5.64. The molecule has 0 fully saturated rings. The van der Waals surface area contributed by atoms with Gasteiger partial charge >= 0.3 is 76.5 Å². The van der Waals surface area contributed by atoms with Gasteiger partial charge in [-0.15, -0.1) is 10.2 Å². The van der Waals surface area contributed by atoms with Crippen LogP contribution < -0.4 is 80.0 Å². The first-order valence-electron chi connectivity index (χ1n) is 15.2. The predicted octanol–water partition coefficient (Wildman–Crippen LogP) is 0.0817. The van der Waals surface area contributed by atoms with Crippen LogP contribution in [0.25, 0.3) is 11.4 Å². The third-order valence-corrected chi connectivity index (χ3v) is 8.62. The minimum Gasteiger partial charge on any atom is -0.866 e. The van der Waals surface area contributed by atoms with E-state index in [2.05, 4.69) is 30.7 Å². The Morgan fingerprint density at radius 1 is 0.746 bits per heavy atom. The van der Waals surface area contributed by atoms with Crippen molar-refractivity contribution >= 4 is 67.4 Å². The van der Waals surface area contributed by atoms with Crippen LogP contribution in [-0.4, -0.2) is 42.4 Å². The number of azo groups is 2. The Kier molecular flexibility index (Phi) is 18.2. The van der Waals surface area contributed by atoms with Gasteiger partial charge in [0, 0.05) is 39.6 Å². The van der Waals surface area contributed by atoms with Gasteiger partial charge in [-0.05, 0) is 56.3 Å². The molecule has 0 unspecified atom stereocenters. The summed E-state index contributed by atoms with van der Waals surface area (Å²) < 4.78 is 34.1. The molecule has 2 heterocycles. The van der Waals surface area contributed by atoms with Gasteiger partial charge in [0.2, 0.25) is 0 Å². The number of nitro benzene ring substituents is 2. The number of aryl methyl sites for hydroxylation is 2. The molecule has 0 bridgehead atoms. The molecule has 2 N–H and O–H groups in total. The van der Waals surface area contributed by atoms with Crippen LogP contribution in [0.1, 0.15) is 11.4 Å². The number of para-hydroxylation sites is 1. The first kappa shape index (κ1) is 50.7. The fourth-order valence-electron chi connectivity index (χ4n) is 4.73. The number of nitrogens with zero attached hydrogens (tertiary/aromatic N) is 9. The van der Waals surface area contributed by atoms with Gasteiger partial charge in [-0.25, -0.2) is 9.36 Å². The number of hydrogen-bond acceptors (Lipinski definition) is 15.